The fourth-order valence-corrected chi connectivity index (χ4v) is 4.56. The summed E-state index contributed by atoms with van der Waals surface area (Å²) in [6.07, 6.45) is 8.33. The predicted octanol–water partition coefficient (Wildman–Crippen LogP) is 2.03. The van der Waals surface area contributed by atoms with Gasteiger partial charge < -0.3 is 9.88 Å². The molecule has 1 saturated carbocycles. The number of nitrogens with zero attached hydrogens (tertiary/aromatic N) is 4. The van der Waals surface area contributed by atoms with Crippen molar-refractivity contribution in [1.29, 1.82) is 0 Å². The van der Waals surface area contributed by atoms with Crippen molar-refractivity contribution in [3.05, 3.63) is 34.3 Å². The molecule has 1 amide bonds. The minimum Gasteiger partial charge on any atom is -0.353 e. The smallest absolute Gasteiger partial charge is 0.230 e. The van der Waals surface area contributed by atoms with Gasteiger partial charge in [0.1, 0.15) is 5.01 Å². The van der Waals surface area contributed by atoms with Crippen LogP contribution in [0.1, 0.15) is 48.0 Å². The number of imidazole rings is 1. The Labute approximate surface area is 145 Å². The van der Waals surface area contributed by atoms with Crippen molar-refractivity contribution in [3.63, 3.8) is 0 Å². The lowest BCUT2D eigenvalue weighted by atomic mass is 9.96. The van der Waals surface area contributed by atoms with E-state index in [1.165, 1.54) is 12.8 Å². The van der Waals surface area contributed by atoms with Crippen LogP contribution in [-0.4, -0.2) is 37.9 Å². The Hall–Kier alpha value is -1.73. The maximum absolute atomic E-state index is 12.9. The lowest BCUT2D eigenvalue weighted by molar-refractivity contribution is -0.124. The predicted molar refractivity (Wildman–Crippen MR) is 92.6 cm³/mol. The van der Waals surface area contributed by atoms with Gasteiger partial charge in [0.2, 0.25) is 5.91 Å². The third-order valence-electron chi connectivity index (χ3n) is 5.07. The molecule has 0 aromatic carbocycles. The summed E-state index contributed by atoms with van der Waals surface area (Å²) in [4.78, 5) is 24.1. The first-order valence-corrected chi connectivity index (χ1v) is 9.50. The van der Waals surface area contributed by atoms with Crippen LogP contribution in [0.4, 0.5) is 0 Å². The third kappa shape index (κ3) is 3.10. The van der Waals surface area contributed by atoms with Crippen LogP contribution >= 0.6 is 11.3 Å². The first kappa shape index (κ1) is 15.8. The maximum atomic E-state index is 12.9. The Kier molecular flexibility index (Phi) is 4.37. The van der Waals surface area contributed by atoms with E-state index in [0.717, 1.165) is 48.9 Å². The van der Waals surface area contributed by atoms with Crippen LogP contribution < -0.4 is 5.32 Å². The fourth-order valence-electron chi connectivity index (χ4n) is 3.90. The monoisotopic (exact) mass is 345 g/mol. The zero-order chi connectivity index (χ0) is 16.5. The second-order valence-corrected chi connectivity index (χ2v) is 7.80. The third-order valence-corrected chi connectivity index (χ3v) is 5.83. The van der Waals surface area contributed by atoms with Crippen LogP contribution in [0, 0.1) is 0 Å². The van der Waals surface area contributed by atoms with Crippen molar-refractivity contribution in [3.8, 4) is 0 Å². The topological polar surface area (TPSA) is 63.1 Å². The van der Waals surface area contributed by atoms with Crippen molar-refractivity contribution >= 4 is 17.2 Å². The van der Waals surface area contributed by atoms with E-state index in [1.807, 2.05) is 29.5 Å². The van der Waals surface area contributed by atoms with Gasteiger partial charge in [0.25, 0.3) is 0 Å². The molecule has 0 saturated heterocycles. The molecule has 1 fully saturated rings. The maximum Gasteiger partial charge on any atom is 0.230 e. The molecule has 128 valence electrons. The number of amides is 1. The minimum absolute atomic E-state index is 0.149. The van der Waals surface area contributed by atoms with Gasteiger partial charge >= 0.3 is 0 Å². The highest BCUT2D eigenvalue weighted by Gasteiger charge is 2.35. The summed E-state index contributed by atoms with van der Waals surface area (Å²) in [5.41, 5.74) is 2.09. The van der Waals surface area contributed by atoms with E-state index in [1.54, 1.807) is 11.3 Å². The summed E-state index contributed by atoms with van der Waals surface area (Å²) in [6.45, 7) is 2.29. The van der Waals surface area contributed by atoms with E-state index in [-0.39, 0.29) is 11.8 Å². The number of aromatic nitrogens is 3. The normalized spacial score (nSPS) is 21.8. The number of thiazole rings is 1. The Balaban J connectivity index is 1.54. The lowest BCUT2D eigenvalue weighted by Crippen LogP contribution is -2.44. The number of aryl methyl sites for hydroxylation is 1. The van der Waals surface area contributed by atoms with E-state index in [4.69, 9.17) is 0 Å². The molecule has 0 unspecified atom stereocenters. The molecule has 4 rings (SSSR count). The lowest BCUT2D eigenvalue weighted by Gasteiger charge is -2.32. The minimum atomic E-state index is -0.151. The Bertz CT molecular complexity index is 705. The first-order valence-electron chi connectivity index (χ1n) is 8.62. The number of rotatable bonds is 4. The quantitative estimate of drug-likeness (QED) is 0.921. The van der Waals surface area contributed by atoms with Gasteiger partial charge in [-0.25, -0.2) is 9.97 Å². The Morgan fingerprint density at radius 3 is 2.96 bits per heavy atom. The molecule has 2 aromatic heterocycles. The highest BCUT2D eigenvalue weighted by molar-refractivity contribution is 7.09. The summed E-state index contributed by atoms with van der Waals surface area (Å²) in [6, 6.07) is 0.350. The number of fused-ring (bicyclic) bond motifs is 1. The van der Waals surface area contributed by atoms with E-state index < -0.39 is 0 Å². The molecule has 0 spiro atoms. The molecule has 1 aliphatic carbocycles. The average molecular weight is 345 g/mol. The molecule has 24 heavy (non-hydrogen) atoms. The summed E-state index contributed by atoms with van der Waals surface area (Å²) in [5.74, 6) is -0.00241. The molecule has 3 heterocycles. The average Bonchev–Trinajstić information content (AvgIpc) is 3.30. The summed E-state index contributed by atoms with van der Waals surface area (Å²) >= 11 is 1.66. The van der Waals surface area contributed by atoms with Crippen LogP contribution in [-0.2, 0) is 24.9 Å². The van der Waals surface area contributed by atoms with Crippen LogP contribution in [0.5, 0.6) is 0 Å². The summed E-state index contributed by atoms with van der Waals surface area (Å²) < 4.78 is 2.01. The number of hydrogen-bond acceptors (Lipinski definition) is 5. The fraction of sp³-hybridized carbons (Fsp3) is 0.588. The standard InChI is InChI=1S/C17H23N5OS/c1-21-11-19-14-9-22(10-15-18-6-7-24-15)8-13(16(14)21)17(23)20-12-4-2-3-5-12/h6-7,11-13H,2-5,8-10H2,1H3,(H,20,23)/t13-/m0/s1. The van der Waals surface area contributed by atoms with Crippen LogP contribution in [0.15, 0.2) is 17.9 Å². The Morgan fingerprint density at radius 2 is 2.21 bits per heavy atom. The zero-order valence-corrected chi connectivity index (χ0v) is 14.8. The molecular weight excluding hydrogens is 322 g/mol. The molecule has 7 heteroatoms. The van der Waals surface area contributed by atoms with Gasteiger partial charge in [-0.15, -0.1) is 11.3 Å². The number of nitrogens with one attached hydrogen (secondary N) is 1. The van der Waals surface area contributed by atoms with Gasteiger partial charge in [-0.3, -0.25) is 9.69 Å². The molecule has 1 N–H and O–H groups in total. The van der Waals surface area contributed by atoms with Gasteiger partial charge in [-0.1, -0.05) is 12.8 Å². The van der Waals surface area contributed by atoms with Crippen LogP contribution in [0.2, 0.25) is 0 Å². The van der Waals surface area contributed by atoms with Crippen molar-refractivity contribution in [2.75, 3.05) is 6.54 Å². The zero-order valence-electron chi connectivity index (χ0n) is 13.9. The summed E-state index contributed by atoms with van der Waals surface area (Å²) in [7, 11) is 1.98. The molecule has 2 aromatic rings. The number of carbonyl (C=O) groups is 1. The largest absolute Gasteiger partial charge is 0.353 e. The molecular formula is C17H23N5OS. The van der Waals surface area contributed by atoms with Crippen molar-refractivity contribution in [2.45, 2.75) is 50.7 Å². The molecule has 1 aliphatic heterocycles. The first-order chi connectivity index (χ1) is 11.7. The van der Waals surface area contributed by atoms with Crippen molar-refractivity contribution in [1.82, 2.24) is 24.8 Å². The van der Waals surface area contributed by atoms with Crippen molar-refractivity contribution < 1.29 is 4.79 Å². The van der Waals surface area contributed by atoms with Crippen LogP contribution in [0.3, 0.4) is 0 Å². The number of hydrogen-bond donors (Lipinski definition) is 1. The second-order valence-electron chi connectivity index (χ2n) is 6.83. The van der Waals surface area contributed by atoms with E-state index in [2.05, 4.69) is 20.2 Å². The van der Waals surface area contributed by atoms with Crippen molar-refractivity contribution in [2.24, 2.45) is 7.05 Å². The highest BCUT2D eigenvalue weighted by atomic mass is 32.1. The molecule has 0 radical (unpaired) electrons. The molecule has 1 atom stereocenters. The van der Waals surface area contributed by atoms with E-state index in [9.17, 15) is 4.79 Å². The van der Waals surface area contributed by atoms with Gasteiger partial charge in [-0.2, -0.15) is 0 Å². The SMILES string of the molecule is Cn1cnc2c1[C@@H](C(=O)NC1CCCC1)CN(Cc1nccs1)C2. The van der Waals surface area contributed by atoms with Gasteiger partial charge in [-0.05, 0) is 12.8 Å². The molecule has 6 nitrogen and oxygen atoms in total. The molecule has 2 aliphatic rings. The Morgan fingerprint density at radius 1 is 1.38 bits per heavy atom. The van der Waals surface area contributed by atoms with Crippen LogP contribution in [0.25, 0.3) is 0 Å². The molecule has 0 bridgehead atoms. The van der Waals surface area contributed by atoms with Gasteiger partial charge in [0, 0.05) is 37.8 Å². The van der Waals surface area contributed by atoms with E-state index in [0.29, 0.717) is 6.04 Å². The second kappa shape index (κ2) is 6.64. The number of carbonyl (C=O) groups excluding carboxylic acids is 1. The van der Waals surface area contributed by atoms with Gasteiger partial charge in [0.15, 0.2) is 0 Å². The van der Waals surface area contributed by atoms with E-state index >= 15 is 0 Å². The summed E-state index contributed by atoms with van der Waals surface area (Å²) in [5, 5.41) is 6.35. The highest BCUT2D eigenvalue weighted by Crippen LogP contribution is 2.29. The van der Waals surface area contributed by atoms with Gasteiger partial charge in [0.05, 0.1) is 30.2 Å².